The molecule has 0 spiro atoms. The van der Waals surface area contributed by atoms with E-state index >= 15 is 0 Å². The van der Waals surface area contributed by atoms with Gasteiger partial charge in [0.2, 0.25) is 0 Å². The topological polar surface area (TPSA) is 79.6 Å². The molecule has 0 aliphatic heterocycles. The van der Waals surface area contributed by atoms with Gasteiger partial charge in [-0.25, -0.2) is 14.6 Å². The molecule has 0 saturated heterocycles. The Kier molecular flexibility index (Phi) is 3.92. The van der Waals surface area contributed by atoms with Crippen LogP contribution in [0.5, 0.6) is 0 Å². The molecule has 130 valence electrons. The van der Waals surface area contributed by atoms with Gasteiger partial charge in [-0.3, -0.25) is 0 Å². The summed E-state index contributed by atoms with van der Waals surface area (Å²) in [5.41, 5.74) is 2.91. The number of aromatic amines is 1. The summed E-state index contributed by atoms with van der Waals surface area (Å²) in [5, 5.41) is 14.9. The largest absolute Gasteiger partial charge is 0.391 e. The Balaban J connectivity index is 1.79. The number of nitrogens with one attached hydrogen (secondary N) is 1. The number of aliphatic hydroxyl groups excluding tert-OH is 1. The number of H-pyrrole nitrogens is 1. The van der Waals surface area contributed by atoms with Gasteiger partial charge in [-0.1, -0.05) is 37.3 Å². The zero-order chi connectivity index (χ0) is 17.4. The normalized spacial score (nSPS) is 16.8. The Labute approximate surface area is 147 Å². The first-order chi connectivity index (χ1) is 12.1. The van der Waals surface area contributed by atoms with E-state index in [-0.39, 0.29) is 5.41 Å². The number of aromatic nitrogens is 5. The van der Waals surface area contributed by atoms with Crippen molar-refractivity contribution in [1.29, 1.82) is 0 Å². The first-order valence-electron chi connectivity index (χ1n) is 8.83. The number of rotatable bonds is 6. The van der Waals surface area contributed by atoms with Gasteiger partial charge in [-0.2, -0.15) is 5.10 Å². The molecule has 2 N–H and O–H groups in total. The molecule has 2 heterocycles. The molecule has 0 amide bonds. The molecule has 1 fully saturated rings. The van der Waals surface area contributed by atoms with E-state index in [9.17, 15) is 5.11 Å². The molecule has 25 heavy (non-hydrogen) atoms. The summed E-state index contributed by atoms with van der Waals surface area (Å²) >= 11 is 0. The van der Waals surface area contributed by atoms with E-state index in [2.05, 4.69) is 34.2 Å². The number of hydrogen-bond acceptors (Lipinski definition) is 4. The highest BCUT2D eigenvalue weighted by molar-refractivity contribution is 5.54. The smallest absolute Gasteiger partial charge is 0.179 e. The minimum Gasteiger partial charge on any atom is -0.391 e. The first-order valence-corrected chi connectivity index (χ1v) is 8.83. The molecule has 0 radical (unpaired) electrons. The van der Waals surface area contributed by atoms with Crippen molar-refractivity contribution in [3.8, 4) is 11.5 Å². The summed E-state index contributed by atoms with van der Waals surface area (Å²) < 4.78 is 1.82. The van der Waals surface area contributed by atoms with Crippen molar-refractivity contribution in [3.63, 3.8) is 0 Å². The summed E-state index contributed by atoms with van der Waals surface area (Å²) in [6, 6.07) is 10.4. The van der Waals surface area contributed by atoms with Crippen LogP contribution in [0.4, 0.5) is 0 Å². The molecule has 1 atom stereocenters. The fourth-order valence-corrected chi connectivity index (χ4v) is 3.28. The van der Waals surface area contributed by atoms with Gasteiger partial charge >= 0.3 is 0 Å². The fourth-order valence-electron chi connectivity index (χ4n) is 3.28. The maximum absolute atomic E-state index is 10.1. The summed E-state index contributed by atoms with van der Waals surface area (Å²) in [7, 11) is 0. The molecule has 6 heteroatoms. The van der Waals surface area contributed by atoms with Crippen molar-refractivity contribution in [2.45, 2.75) is 51.2 Å². The van der Waals surface area contributed by atoms with Crippen LogP contribution in [0.25, 0.3) is 11.5 Å². The lowest BCUT2D eigenvalue weighted by Crippen LogP contribution is -2.18. The Morgan fingerprint density at radius 1 is 1.28 bits per heavy atom. The maximum Gasteiger partial charge on any atom is 0.179 e. The minimum atomic E-state index is -0.445. The van der Waals surface area contributed by atoms with Crippen LogP contribution in [-0.4, -0.2) is 35.9 Å². The third-order valence-corrected chi connectivity index (χ3v) is 5.07. The summed E-state index contributed by atoms with van der Waals surface area (Å²) in [6.07, 6.45) is 4.01. The van der Waals surface area contributed by atoms with E-state index in [4.69, 9.17) is 10.1 Å². The van der Waals surface area contributed by atoms with E-state index in [0.29, 0.717) is 13.0 Å². The lowest BCUT2D eigenvalue weighted by molar-refractivity contribution is 0.145. The van der Waals surface area contributed by atoms with Crippen LogP contribution >= 0.6 is 0 Å². The van der Waals surface area contributed by atoms with Crippen molar-refractivity contribution >= 4 is 0 Å². The standard InChI is InChI=1S/C19H23N5O/c1-3-15(25)11-24-17(16-13(2)20-12-21-16)22-18(23-24)19(9-10-19)14-7-5-4-6-8-14/h4-8,12,15,25H,3,9-11H2,1-2H3,(H,20,21). The average Bonchev–Trinajstić information content (AvgIpc) is 3.18. The van der Waals surface area contributed by atoms with Crippen LogP contribution in [0.15, 0.2) is 36.7 Å². The predicted octanol–water partition coefficient (Wildman–Crippen LogP) is 2.83. The minimum absolute atomic E-state index is 0.0946. The molecule has 1 aliphatic rings. The van der Waals surface area contributed by atoms with Crippen molar-refractivity contribution in [2.75, 3.05) is 0 Å². The first kappa shape index (κ1) is 16.0. The number of benzene rings is 1. The van der Waals surface area contributed by atoms with E-state index in [0.717, 1.165) is 35.9 Å². The van der Waals surface area contributed by atoms with E-state index in [1.807, 2.05) is 24.6 Å². The average molecular weight is 337 g/mol. The summed E-state index contributed by atoms with van der Waals surface area (Å²) in [4.78, 5) is 12.4. The highest BCUT2D eigenvalue weighted by atomic mass is 16.3. The Bertz CT molecular complexity index is 863. The van der Waals surface area contributed by atoms with Gasteiger partial charge in [0.15, 0.2) is 11.6 Å². The number of nitrogens with zero attached hydrogens (tertiary/aromatic N) is 4. The molecule has 4 rings (SSSR count). The SMILES string of the molecule is CCC(O)Cn1nc(C2(c3ccccc3)CC2)nc1-c1nc[nH]c1C. The Morgan fingerprint density at radius 2 is 2.04 bits per heavy atom. The monoisotopic (exact) mass is 337 g/mol. The van der Waals surface area contributed by atoms with Crippen molar-refractivity contribution in [3.05, 3.63) is 53.7 Å². The molecule has 1 aliphatic carbocycles. The van der Waals surface area contributed by atoms with Crippen molar-refractivity contribution < 1.29 is 5.11 Å². The third kappa shape index (κ3) is 2.76. The molecular weight excluding hydrogens is 314 g/mol. The number of hydrogen-bond donors (Lipinski definition) is 2. The molecule has 0 bridgehead atoms. The zero-order valence-electron chi connectivity index (χ0n) is 14.6. The fraction of sp³-hybridized carbons (Fsp3) is 0.421. The number of aliphatic hydroxyl groups is 1. The highest BCUT2D eigenvalue weighted by Gasteiger charge is 2.49. The second-order valence-electron chi connectivity index (χ2n) is 6.83. The van der Waals surface area contributed by atoms with Crippen molar-refractivity contribution in [1.82, 2.24) is 24.7 Å². The maximum atomic E-state index is 10.1. The quantitative estimate of drug-likeness (QED) is 0.725. The molecule has 2 aromatic heterocycles. The molecule has 1 aromatic carbocycles. The lowest BCUT2D eigenvalue weighted by atomic mass is 9.95. The number of aryl methyl sites for hydroxylation is 1. The van der Waals surface area contributed by atoms with E-state index in [1.165, 1.54) is 5.56 Å². The van der Waals surface area contributed by atoms with Crippen LogP contribution in [0.2, 0.25) is 0 Å². The molecule has 1 unspecified atom stereocenters. The molecule has 1 saturated carbocycles. The third-order valence-electron chi connectivity index (χ3n) is 5.07. The van der Waals surface area contributed by atoms with Gasteiger partial charge in [-0.15, -0.1) is 0 Å². The van der Waals surface area contributed by atoms with Crippen LogP contribution in [0.1, 0.15) is 43.3 Å². The summed E-state index contributed by atoms with van der Waals surface area (Å²) in [5.74, 6) is 1.56. The second kappa shape index (κ2) is 6.11. The van der Waals surface area contributed by atoms with E-state index in [1.54, 1.807) is 6.33 Å². The van der Waals surface area contributed by atoms with Crippen LogP contribution in [0, 0.1) is 6.92 Å². The molecular formula is C19H23N5O. The lowest BCUT2D eigenvalue weighted by Gasteiger charge is -2.11. The van der Waals surface area contributed by atoms with Crippen molar-refractivity contribution in [2.24, 2.45) is 0 Å². The highest BCUT2D eigenvalue weighted by Crippen LogP contribution is 2.52. The van der Waals surface area contributed by atoms with Gasteiger partial charge in [0, 0.05) is 5.69 Å². The van der Waals surface area contributed by atoms with Gasteiger partial charge in [0.05, 0.1) is 24.4 Å². The molecule has 3 aromatic rings. The summed E-state index contributed by atoms with van der Waals surface area (Å²) in [6.45, 7) is 4.37. The Hall–Kier alpha value is -2.47. The van der Waals surface area contributed by atoms with Gasteiger partial charge in [0.1, 0.15) is 5.69 Å². The Morgan fingerprint density at radius 3 is 2.64 bits per heavy atom. The van der Waals surface area contributed by atoms with E-state index < -0.39 is 6.10 Å². The second-order valence-corrected chi connectivity index (χ2v) is 6.83. The van der Waals surface area contributed by atoms with Crippen LogP contribution in [-0.2, 0) is 12.0 Å². The van der Waals surface area contributed by atoms with Crippen LogP contribution in [0.3, 0.4) is 0 Å². The van der Waals surface area contributed by atoms with Gasteiger partial charge in [-0.05, 0) is 31.7 Å². The predicted molar refractivity (Wildman–Crippen MR) is 95.1 cm³/mol. The van der Waals surface area contributed by atoms with Crippen LogP contribution < -0.4 is 0 Å². The molecule has 6 nitrogen and oxygen atoms in total. The number of imidazole rings is 1. The zero-order valence-corrected chi connectivity index (χ0v) is 14.6. The van der Waals surface area contributed by atoms with Gasteiger partial charge < -0.3 is 10.1 Å². The van der Waals surface area contributed by atoms with Gasteiger partial charge in [0.25, 0.3) is 0 Å².